The summed E-state index contributed by atoms with van der Waals surface area (Å²) in [5.41, 5.74) is 2.10. The molecule has 1 heterocycles. The third-order valence-corrected chi connectivity index (χ3v) is 4.49. The molecule has 6 heteroatoms. The Morgan fingerprint density at radius 3 is 2.73 bits per heavy atom. The van der Waals surface area contributed by atoms with E-state index >= 15 is 0 Å². The van der Waals surface area contributed by atoms with Crippen molar-refractivity contribution in [2.24, 2.45) is 0 Å². The Morgan fingerprint density at radius 1 is 1.15 bits per heavy atom. The van der Waals surface area contributed by atoms with E-state index in [0.717, 1.165) is 40.2 Å². The van der Waals surface area contributed by atoms with Crippen LogP contribution in [0.15, 0.2) is 47.5 Å². The molecule has 3 rings (SSSR count). The smallest absolute Gasteiger partial charge is 0.175 e. The number of fused-ring (bicyclic) bond motifs is 1. The van der Waals surface area contributed by atoms with Crippen LogP contribution in [0.3, 0.4) is 0 Å². The third-order valence-electron chi connectivity index (χ3n) is 3.90. The van der Waals surface area contributed by atoms with Gasteiger partial charge < -0.3 is 24.3 Å². The fourth-order valence-corrected chi connectivity index (χ4v) is 3.27. The molecule has 0 saturated heterocycles. The van der Waals surface area contributed by atoms with E-state index < -0.39 is 0 Å². The number of hydrogen-bond donors (Lipinski definition) is 1. The molecule has 5 nitrogen and oxygen atoms in total. The van der Waals surface area contributed by atoms with Gasteiger partial charge in [0.2, 0.25) is 0 Å². The molecule has 0 saturated carbocycles. The second-order valence-electron chi connectivity index (χ2n) is 5.80. The van der Waals surface area contributed by atoms with Crippen molar-refractivity contribution >= 4 is 15.9 Å². The number of methoxy groups -OCH3 is 1. The van der Waals surface area contributed by atoms with Crippen molar-refractivity contribution in [3.05, 3.63) is 58.6 Å². The number of hydrogen-bond acceptors (Lipinski definition) is 5. The van der Waals surface area contributed by atoms with Gasteiger partial charge in [-0.25, -0.2) is 0 Å². The SMILES string of the molecule is C=CCNCc1cc(Br)c(OCc2ccc3c(c2)OCCO3)c(OC)c1. The summed E-state index contributed by atoms with van der Waals surface area (Å²) in [6.45, 7) is 6.74. The molecule has 0 fully saturated rings. The fourth-order valence-electron chi connectivity index (χ4n) is 2.67. The molecule has 2 aromatic carbocycles. The van der Waals surface area contributed by atoms with Gasteiger partial charge in [-0.05, 0) is 51.3 Å². The first-order chi connectivity index (χ1) is 12.7. The highest BCUT2D eigenvalue weighted by atomic mass is 79.9. The van der Waals surface area contributed by atoms with Gasteiger partial charge in [0.25, 0.3) is 0 Å². The third kappa shape index (κ3) is 4.51. The van der Waals surface area contributed by atoms with E-state index in [2.05, 4.69) is 27.8 Å². The van der Waals surface area contributed by atoms with E-state index in [1.54, 1.807) is 7.11 Å². The lowest BCUT2D eigenvalue weighted by atomic mass is 10.2. The van der Waals surface area contributed by atoms with Gasteiger partial charge in [-0.3, -0.25) is 0 Å². The second-order valence-corrected chi connectivity index (χ2v) is 6.65. The van der Waals surface area contributed by atoms with E-state index in [1.807, 2.05) is 36.4 Å². The van der Waals surface area contributed by atoms with Gasteiger partial charge in [-0.15, -0.1) is 6.58 Å². The van der Waals surface area contributed by atoms with Crippen LogP contribution in [0, 0.1) is 0 Å². The molecule has 138 valence electrons. The Labute approximate surface area is 162 Å². The zero-order chi connectivity index (χ0) is 18.4. The fraction of sp³-hybridized carbons (Fsp3) is 0.300. The average Bonchev–Trinajstić information content (AvgIpc) is 2.67. The van der Waals surface area contributed by atoms with Gasteiger partial charge in [0.1, 0.15) is 19.8 Å². The molecule has 0 aliphatic carbocycles. The van der Waals surface area contributed by atoms with Crippen LogP contribution >= 0.6 is 15.9 Å². The molecule has 0 unspecified atom stereocenters. The number of nitrogens with one attached hydrogen (secondary N) is 1. The number of ether oxygens (including phenoxy) is 4. The summed E-state index contributed by atoms with van der Waals surface area (Å²) in [6.07, 6.45) is 1.83. The maximum atomic E-state index is 6.01. The predicted molar refractivity (Wildman–Crippen MR) is 104 cm³/mol. The minimum atomic E-state index is 0.402. The first-order valence-electron chi connectivity index (χ1n) is 8.40. The molecule has 2 aromatic rings. The van der Waals surface area contributed by atoms with Crippen LogP contribution in [-0.4, -0.2) is 26.9 Å². The molecular formula is C20H22BrNO4. The lowest BCUT2D eigenvalue weighted by Crippen LogP contribution is -2.15. The Hall–Kier alpha value is -2.18. The first-order valence-corrected chi connectivity index (χ1v) is 9.20. The lowest BCUT2D eigenvalue weighted by molar-refractivity contribution is 0.171. The van der Waals surface area contributed by atoms with E-state index in [-0.39, 0.29) is 0 Å². The normalized spacial score (nSPS) is 12.5. The van der Waals surface area contributed by atoms with Gasteiger partial charge >= 0.3 is 0 Å². The molecule has 0 radical (unpaired) electrons. The standard InChI is InChI=1S/C20H22BrNO4/c1-3-6-22-12-15-9-16(21)20(19(11-15)23-2)26-13-14-4-5-17-18(10-14)25-8-7-24-17/h3-5,9-11,22H,1,6-8,12-13H2,2H3. The monoisotopic (exact) mass is 419 g/mol. The van der Waals surface area contributed by atoms with Crippen molar-refractivity contribution in [2.75, 3.05) is 26.9 Å². The molecular weight excluding hydrogens is 398 g/mol. The van der Waals surface area contributed by atoms with Crippen molar-refractivity contribution in [1.29, 1.82) is 0 Å². The molecule has 0 aromatic heterocycles. The summed E-state index contributed by atoms with van der Waals surface area (Å²) in [4.78, 5) is 0. The molecule has 0 spiro atoms. The largest absolute Gasteiger partial charge is 0.493 e. The minimum absolute atomic E-state index is 0.402. The molecule has 26 heavy (non-hydrogen) atoms. The van der Waals surface area contributed by atoms with Crippen LogP contribution < -0.4 is 24.3 Å². The first kappa shape index (κ1) is 18.6. The summed E-state index contributed by atoms with van der Waals surface area (Å²) in [6, 6.07) is 9.83. The van der Waals surface area contributed by atoms with Gasteiger partial charge in [-0.1, -0.05) is 12.1 Å². The topological polar surface area (TPSA) is 49.0 Å². The molecule has 0 bridgehead atoms. The highest BCUT2D eigenvalue weighted by Gasteiger charge is 2.14. The molecule has 0 amide bonds. The van der Waals surface area contributed by atoms with Crippen molar-refractivity contribution in [1.82, 2.24) is 5.32 Å². The molecule has 1 aliphatic rings. The summed E-state index contributed by atoms with van der Waals surface area (Å²) in [5.74, 6) is 2.89. The van der Waals surface area contributed by atoms with E-state index in [0.29, 0.717) is 31.3 Å². The Bertz CT molecular complexity index is 779. The van der Waals surface area contributed by atoms with Crippen LogP contribution in [0.4, 0.5) is 0 Å². The quantitative estimate of drug-likeness (QED) is 0.515. The number of rotatable bonds is 8. The summed E-state index contributed by atoms with van der Waals surface area (Å²) < 4.78 is 23.5. The van der Waals surface area contributed by atoms with Crippen molar-refractivity contribution < 1.29 is 18.9 Å². The van der Waals surface area contributed by atoms with Crippen LogP contribution in [0.2, 0.25) is 0 Å². The number of benzene rings is 2. The van der Waals surface area contributed by atoms with Crippen LogP contribution in [0.5, 0.6) is 23.0 Å². The zero-order valence-electron chi connectivity index (χ0n) is 14.7. The summed E-state index contributed by atoms with van der Waals surface area (Å²) >= 11 is 3.58. The molecule has 1 aliphatic heterocycles. The van der Waals surface area contributed by atoms with Crippen molar-refractivity contribution in [3.8, 4) is 23.0 Å². The predicted octanol–water partition coefficient (Wildman–Crippen LogP) is 4.08. The van der Waals surface area contributed by atoms with Crippen molar-refractivity contribution in [3.63, 3.8) is 0 Å². The summed E-state index contributed by atoms with van der Waals surface area (Å²) in [5, 5.41) is 3.28. The van der Waals surface area contributed by atoms with E-state index in [1.165, 1.54) is 0 Å². The van der Waals surface area contributed by atoms with Crippen LogP contribution in [0.25, 0.3) is 0 Å². The molecule has 0 atom stereocenters. The maximum Gasteiger partial charge on any atom is 0.175 e. The van der Waals surface area contributed by atoms with Gasteiger partial charge in [0.05, 0.1) is 11.6 Å². The van der Waals surface area contributed by atoms with Crippen LogP contribution in [0.1, 0.15) is 11.1 Å². The van der Waals surface area contributed by atoms with Crippen LogP contribution in [-0.2, 0) is 13.2 Å². The van der Waals surface area contributed by atoms with Gasteiger partial charge in [0, 0.05) is 13.1 Å². The van der Waals surface area contributed by atoms with E-state index in [9.17, 15) is 0 Å². The van der Waals surface area contributed by atoms with Gasteiger partial charge in [0.15, 0.2) is 23.0 Å². The van der Waals surface area contributed by atoms with E-state index in [4.69, 9.17) is 18.9 Å². The lowest BCUT2D eigenvalue weighted by Gasteiger charge is -2.19. The highest BCUT2D eigenvalue weighted by Crippen LogP contribution is 2.38. The summed E-state index contributed by atoms with van der Waals surface area (Å²) in [7, 11) is 1.64. The zero-order valence-corrected chi connectivity index (χ0v) is 16.3. The Morgan fingerprint density at radius 2 is 1.96 bits per heavy atom. The molecule has 1 N–H and O–H groups in total. The maximum absolute atomic E-state index is 6.01. The second kappa shape index (κ2) is 8.96. The number of halogens is 1. The Kier molecular flexibility index (Phi) is 6.41. The Balaban J connectivity index is 1.71. The highest BCUT2D eigenvalue weighted by molar-refractivity contribution is 9.10. The van der Waals surface area contributed by atoms with Gasteiger partial charge in [-0.2, -0.15) is 0 Å². The van der Waals surface area contributed by atoms with Crippen molar-refractivity contribution in [2.45, 2.75) is 13.2 Å². The average molecular weight is 420 g/mol. The minimum Gasteiger partial charge on any atom is -0.493 e.